The summed E-state index contributed by atoms with van der Waals surface area (Å²) in [5.74, 6) is 1.29. The van der Waals surface area contributed by atoms with Crippen molar-refractivity contribution < 1.29 is 4.74 Å². The van der Waals surface area contributed by atoms with Gasteiger partial charge in [-0.3, -0.25) is 4.79 Å². The van der Waals surface area contributed by atoms with Crippen LogP contribution in [0, 0.1) is 0 Å². The van der Waals surface area contributed by atoms with Crippen LogP contribution in [0.4, 0.5) is 5.13 Å². The topological polar surface area (TPSA) is 72.6 Å². The lowest BCUT2D eigenvalue weighted by atomic mass is 9.98. The SMILES string of the molecule is COc1ccccc1-c1csc(C2CCN(c3nn4c(=O)ccnc4s3)CC2)n1. The highest BCUT2D eigenvalue weighted by Crippen LogP contribution is 2.36. The summed E-state index contributed by atoms with van der Waals surface area (Å²) < 4.78 is 6.86. The molecule has 0 amide bonds. The summed E-state index contributed by atoms with van der Waals surface area (Å²) >= 11 is 3.18. The van der Waals surface area contributed by atoms with E-state index in [1.54, 1.807) is 18.4 Å². The second-order valence-corrected chi connectivity index (χ2v) is 8.72. The number of piperidine rings is 1. The van der Waals surface area contributed by atoms with Gasteiger partial charge in [0, 0.05) is 42.2 Å². The van der Waals surface area contributed by atoms with Crippen LogP contribution < -0.4 is 15.2 Å². The molecule has 0 radical (unpaired) electrons. The number of thiazole rings is 1. The van der Waals surface area contributed by atoms with E-state index in [1.165, 1.54) is 33.1 Å². The van der Waals surface area contributed by atoms with Gasteiger partial charge in [-0.25, -0.2) is 9.97 Å². The zero-order valence-corrected chi connectivity index (χ0v) is 17.4. The molecule has 7 nitrogen and oxygen atoms in total. The normalized spacial score (nSPS) is 15.1. The molecule has 0 saturated carbocycles. The minimum atomic E-state index is -0.140. The Morgan fingerprint density at radius 3 is 2.79 bits per heavy atom. The number of methoxy groups -OCH3 is 1. The third-order valence-corrected chi connectivity index (χ3v) is 7.17. The van der Waals surface area contributed by atoms with Crippen LogP contribution >= 0.6 is 22.7 Å². The second-order valence-electron chi connectivity index (χ2n) is 6.89. The van der Waals surface area contributed by atoms with Crippen molar-refractivity contribution in [3.05, 3.63) is 57.3 Å². The summed E-state index contributed by atoms with van der Waals surface area (Å²) in [7, 11) is 1.69. The highest BCUT2D eigenvalue weighted by Gasteiger charge is 2.25. The lowest BCUT2D eigenvalue weighted by molar-refractivity contribution is 0.416. The van der Waals surface area contributed by atoms with Crippen LogP contribution in [0.5, 0.6) is 5.75 Å². The lowest BCUT2D eigenvalue weighted by Gasteiger charge is -2.30. The summed E-state index contributed by atoms with van der Waals surface area (Å²) in [5.41, 5.74) is 1.86. The smallest absolute Gasteiger partial charge is 0.275 e. The zero-order chi connectivity index (χ0) is 19.8. The van der Waals surface area contributed by atoms with E-state index in [0.717, 1.165) is 48.1 Å². The Morgan fingerprint density at radius 1 is 1.17 bits per heavy atom. The number of hydrogen-bond donors (Lipinski definition) is 0. The van der Waals surface area contributed by atoms with E-state index in [2.05, 4.69) is 20.4 Å². The average Bonchev–Trinajstić information content (AvgIpc) is 3.42. The van der Waals surface area contributed by atoms with Gasteiger partial charge in [-0.1, -0.05) is 23.5 Å². The molecular weight excluding hydrogens is 406 g/mol. The fourth-order valence-corrected chi connectivity index (χ4v) is 5.55. The quantitative estimate of drug-likeness (QED) is 0.497. The van der Waals surface area contributed by atoms with E-state index in [-0.39, 0.29) is 5.56 Å². The van der Waals surface area contributed by atoms with Crippen LogP contribution in [0.2, 0.25) is 0 Å². The number of ether oxygens (including phenoxy) is 1. The molecular formula is C20H19N5O2S2. The largest absolute Gasteiger partial charge is 0.496 e. The third-order valence-electron chi connectivity index (χ3n) is 5.18. The molecule has 9 heteroatoms. The first-order valence-electron chi connectivity index (χ1n) is 9.41. The molecule has 0 unspecified atom stereocenters. The highest BCUT2D eigenvalue weighted by atomic mass is 32.1. The predicted octanol–water partition coefficient (Wildman–Crippen LogP) is 3.67. The van der Waals surface area contributed by atoms with Gasteiger partial charge in [-0.2, -0.15) is 4.52 Å². The lowest BCUT2D eigenvalue weighted by Crippen LogP contribution is -2.33. The number of benzene rings is 1. The fourth-order valence-electron chi connectivity index (χ4n) is 3.63. The first-order chi connectivity index (χ1) is 14.2. The van der Waals surface area contributed by atoms with Crippen molar-refractivity contribution in [2.45, 2.75) is 18.8 Å². The van der Waals surface area contributed by atoms with E-state index in [4.69, 9.17) is 9.72 Å². The molecule has 148 valence electrons. The van der Waals surface area contributed by atoms with Crippen molar-refractivity contribution in [3.63, 3.8) is 0 Å². The third kappa shape index (κ3) is 3.40. The van der Waals surface area contributed by atoms with E-state index in [1.807, 2.05) is 24.3 Å². The number of fused-ring (bicyclic) bond motifs is 1. The highest BCUT2D eigenvalue weighted by molar-refractivity contribution is 7.20. The molecule has 0 spiro atoms. The number of aromatic nitrogens is 4. The van der Waals surface area contributed by atoms with Crippen LogP contribution in [0.3, 0.4) is 0 Å². The molecule has 4 aromatic rings. The van der Waals surface area contributed by atoms with Gasteiger partial charge in [0.15, 0.2) is 0 Å². The second kappa shape index (κ2) is 7.57. The maximum absolute atomic E-state index is 11.9. The van der Waals surface area contributed by atoms with E-state index >= 15 is 0 Å². The van der Waals surface area contributed by atoms with Gasteiger partial charge < -0.3 is 9.64 Å². The Balaban J connectivity index is 1.31. The van der Waals surface area contributed by atoms with E-state index in [0.29, 0.717) is 10.9 Å². The van der Waals surface area contributed by atoms with Crippen molar-refractivity contribution in [3.8, 4) is 17.0 Å². The first-order valence-corrected chi connectivity index (χ1v) is 11.1. The van der Waals surface area contributed by atoms with Crippen molar-refractivity contribution in [2.24, 2.45) is 0 Å². The monoisotopic (exact) mass is 425 g/mol. The maximum atomic E-state index is 11.9. The molecule has 0 N–H and O–H groups in total. The standard InChI is InChI=1S/C20H19N5O2S2/c1-27-16-5-3-2-4-14(16)15-12-28-18(22-15)13-7-10-24(11-8-13)20-23-25-17(26)6-9-21-19(25)29-20/h2-6,9,12-13H,7-8,10-11H2,1H3. The zero-order valence-electron chi connectivity index (χ0n) is 15.8. The molecule has 0 bridgehead atoms. The van der Waals surface area contributed by atoms with Crippen LogP contribution in [-0.2, 0) is 0 Å². The molecule has 1 aromatic carbocycles. The minimum absolute atomic E-state index is 0.140. The van der Waals surface area contributed by atoms with E-state index in [9.17, 15) is 4.79 Å². The minimum Gasteiger partial charge on any atom is -0.496 e. The first kappa shape index (κ1) is 18.3. The van der Waals surface area contributed by atoms with Crippen LogP contribution in [-0.4, -0.2) is 39.8 Å². The molecule has 29 heavy (non-hydrogen) atoms. The van der Waals surface area contributed by atoms with Crippen LogP contribution in [0.25, 0.3) is 16.2 Å². The van der Waals surface area contributed by atoms with Crippen LogP contribution in [0.15, 0.2) is 46.7 Å². The predicted molar refractivity (Wildman–Crippen MR) is 115 cm³/mol. The van der Waals surface area contributed by atoms with Gasteiger partial charge in [0.1, 0.15) is 5.75 Å². The van der Waals surface area contributed by atoms with Gasteiger partial charge in [-0.05, 0) is 25.0 Å². The number of rotatable bonds is 4. The molecule has 1 aliphatic rings. The Morgan fingerprint density at radius 2 is 2.00 bits per heavy atom. The number of hydrogen-bond acceptors (Lipinski definition) is 8. The summed E-state index contributed by atoms with van der Waals surface area (Å²) in [6.45, 7) is 1.78. The van der Waals surface area contributed by atoms with Crippen LogP contribution in [0.1, 0.15) is 23.8 Å². The van der Waals surface area contributed by atoms with Crippen molar-refractivity contribution >= 4 is 32.8 Å². The Labute approximate surface area is 175 Å². The van der Waals surface area contributed by atoms with Gasteiger partial charge in [0.2, 0.25) is 10.1 Å². The molecule has 0 atom stereocenters. The molecule has 1 fully saturated rings. The average molecular weight is 426 g/mol. The molecule has 1 aliphatic heterocycles. The molecule has 3 aromatic heterocycles. The maximum Gasteiger partial charge on any atom is 0.275 e. The Kier molecular flexibility index (Phi) is 4.76. The molecule has 5 rings (SSSR count). The Bertz CT molecular complexity index is 1210. The summed E-state index contributed by atoms with van der Waals surface area (Å²) in [4.78, 5) is 23.9. The summed E-state index contributed by atoms with van der Waals surface area (Å²) in [5, 5.41) is 8.60. The van der Waals surface area contributed by atoms with Crippen molar-refractivity contribution in [2.75, 3.05) is 25.1 Å². The van der Waals surface area contributed by atoms with Crippen molar-refractivity contribution in [1.29, 1.82) is 0 Å². The van der Waals surface area contributed by atoms with Gasteiger partial charge in [0.25, 0.3) is 5.56 Å². The molecule has 1 saturated heterocycles. The molecule has 0 aliphatic carbocycles. The molecule has 4 heterocycles. The number of anilines is 1. The summed E-state index contributed by atoms with van der Waals surface area (Å²) in [6.07, 6.45) is 3.56. The van der Waals surface area contributed by atoms with Gasteiger partial charge in [0.05, 0.1) is 17.8 Å². The fraction of sp³-hybridized carbons (Fsp3) is 0.300. The Hall–Kier alpha value is -2.78. The van der Waals surface area contributed by atoms with E-state index < -0.39 is 0 Å². The number of para-hydroxylation sites is 1. The number of nitrogens with zero attached hydrogens (tertiary/aromatic N) is 5. The van der Waals surface area contributed by atoms with Gasteiger partial charge in [-0.15, -0.1) is 16.4 Å². The summed E-state index contributed by atoms with van der Waals surface area (Å²) in [6, 6.07) is 9.42. The van der Waals surface area contributed by atoms with Crippen molar-refractivity contribution in [1.82, 2.24) is 19.6 Å². The van der Waals surface area contributed by atoms with Gasteiger partial charge >= 0.3 is 0 Å².